The largest absolute Gasteiger partial charge is 0.360 e. The molecule has 3 rings (SSSR count). The Balaban J connectivity index is 1.97. The fourth-order valence-corrected chi connectivity index (χ4v) is 2.70. The van der Waals surface area contributed by atoms with Crippen molar-refractivity contribution in [3.05, 3.63) is 52.7 Å². The van der Waals surface area contributed by atoms with E-state index in [4.69, 9.17) is 0 Å². The fourth-order valence-electron chi connectivity index (χ4n) is 2.24. The lowest BCUT2D eigenvalue weighted by atomic mass is 10.1. The Labute approximate surface area is 125 Å². The van der Waals surface area contributed by atoms with E-state index in [1.807, 2.05) is 18.5 Å². The molecule has 5 nitrogen and oxygen atoms in total. The summed E-state index contributed by atoms with van der Waals surface area (Å²) in [5.74, 6) is 0.787. The van der Waals surface area contributed by atoms with Gasteiger partial charge in [0, 0.05) is 18.6 Å². The van der Waals surface area contributed by atoms with Crippen LogP contribution in [0.2, 0.25) is 0 Å². The highest BCUT2D eigenvalue weighted by molar-refractivity contribution is 9.10. The molecule has 0 aliphatic rings. The van der Waals surface area contributed by atoms with Crippen LogP contribution < -0.4 is 5.32 Å². The number of fused-ring (bicyclic) bond motifs is 1. The fraction of sp³-hybridized carbons (Fsp3) is 0.214. The lowest BCUT2D eigenvalue weighted by Gasteiger charge is -2.16. The van der Waals surface area contributed by atoms with Gasteiger partial charge in [0.2, 0.25) is 0 Å². The van der Waals surface area contributed by atoms with E-state index < -0.39 is 0 Å². The zero-order valence-corrected chi connectivity index (χ0v) is 12.8. The van der Waals surface area contributed by atoms with Gasteiger partial charge in [-0.25, -0.2) is 9.50 Å². The molecule has 0 saturated heterocycles. The molecule has 102 valence electrons. The number of halogens is 1. The van der Waals surface area contributed by atoms with Gasteiger partial charge in [0.1, 0.15) is 5.52 Å². The van der Waals surface area contributed by atoms with Crippen molar-refractivity contribution in [1.29, 1.82) is 0 Å². The van der Waals surface area contributed by atoms with Gasteiger partial charge >= 0.3 is 0 Å². The van der Waals surface area contributed by atoms with Gasteiger partial charge in [0.15, 0.2) is 5.82 Å². The minimum absolute atomic E-state index is 0.0664. The van der Waals surface area contributed by atoms with Crippen LogP contribution in [0.25, 0.3) is 5.52 Å². The number of anilines is 1. The second-order valence-electron chi connectivity index (χ2n) is 4.63. The lowest BCUT2D eigenvalue weighted by Crippen LogP contribution is -2.12. The maximum absolute atomic E-state index is 4.44. The summed E-state index contributed by atoms with van der Waals surface area (Å²) in [7, 11) is 0. The van der Waals surface area contributed by atoms with Crippen LogP contribution in [0, 0.1) is 6.92 Å². The smallest absolute Gasteiger partial charge is 0.153 e. The normalized spacial score (nSPS) is 12.6. The highest BCUT2D eigenvalue weighted by Crippen LogP contribution is 2.26. The molecule has 6 heteroatoms. The monoisotopic (exact) mass is 331 g/mol. The highest BCUT2D eigenvalue weighted by atomic mass is 79.9. The average molecular weight is 332 g/mol. The number of hydrogen-bond acceptors (Lipinski definition) is 4. The van der Waals surface area contributed by atoms with Gasteiger partial charge in [0.25, 0.3) is 0 Å². The number of pyridine rings is 1. The predicted octanol–water partition coefficient (Wildman–Crippen LogP) is 3.37. The molecule has 3 aromatic rings. The van der Waals surface area contributed by atoms with Gasteiger partial charge in [-0.15, -0.1) is 0 Å². The van der Waals surface area contributed by atoms with Gasteiger partial charge in [-0.1, -0.05) is 6.07 Å². The molecule has 0 aromatic carbocycles. The summed E-state index contributed by atoms with van der Waals surface area (Å²) in [5, 5.41) is 7.66. The summed E-state index contributed by atoms with van der Waals surface area (Å²) in [6, 6.07) is 4.07. The molecule has 0 spiro atoms. The first kappa shape index (κ1) is 13.1. The number of aromatic nitrogens is 4. The van der Waals surface area contributed by atoms with Crippen molar-refractivity contribution in [2.24, 2.45) is 0 Å². The third-order valence-electron chi connectivity index (χ3n) is 3.20. The molecular formula is C14H14BrN5. The molecule has 0 bridgehead atoms. The molecule has 3 heterocycles. The Morgan fingerprint density at radius 2 is 2.15 bits per heavy atom. The van der Waals surface area contributed by atoms with E-state index in [9.17, 15) is 0 Å². The Hall–Kier alpha value is -1.95. The molecule has 0 aliphatic carbocycles. The average Bonchev–Trinajstić information content (AvgIpc) is 2.82. The van der Waals surface area contributed by atoms with Crippen molar-refractivity contribution in [2.45, 2.75) is 19.9 Å². The van der Waals surface area contributed by atoms with E-state index >= 15 is 0 Å². The summed E-state index contributed by atoms with van der Waals surface area (Å²) < 4.78 is 2.70. The molecule has 1 N–H and O–H groups in total. The van der Waals surface area contributed by atoms with E-state index in [0.717, 1.165) is 27.1 Å². The number of nitrogens with zero attached hydrogens (tertiary/aromatic N) is 4. The molecular weight excluding hydrogens is 318 g/mol. The van der Waals surface area contributed by atoms with Crippen molar-refractivity contribution in [1.82, 2.24) is 19.6 Å². The zero-order chi connectivity index (χ0) is 14.1. The Morgan fingerprint density at radius 1 is 1.30 bits per heavy atom. The molecule has 3 aromatic heterocycles. The summed E-state index contributed by atoms with van der Waals surface area (Å²) >= 11 is 3.50. The molecule has 0 saturated carbocycles. The van der Waals surface area contributed by atoms with E-state index in [-0.39, 0.29) is 6.04 Å². The van der Waals surface area contributed by atoms with Crippen molar-refractivity contribution >= 4 is 27.3 Å². The van der Waals surface area contributed by atoms with Gasteiger partial charge in [-0.2, -0.15) is 5.10 Å². The van der Waals surface area contributed by atoms with E-state index in [2.05, 4.69) is 56.2 Å². The maximum atomic E-state index is 4.44. The Bertz CT molecular complexity index is 752. The van der Waals surface area contributed by atoms with Gasteiger partial charge in [-0.3, -0.25) is 4.98 Å². The van der Waals surface area contributed by atoms with E-state index in [1.54, 1.807) is 16.9 Å². The van der Waals surface area contributed by atoms with Gasteiger partial charge in [0.05, 0.1) is 22.4 Å². The van der Waals surface area contributed by atoms with E-state index in [1.165, 1.54) is 0 Å². The molecule has 20 heavy (non-hydrogen) atoms. The molecule has 0 amide bonds. The molecule has 0 aliphatic heterocycles. The van der Waals surface area contributed by atoms with E-state index in [0.29, 0.717) is 0 Å². The lowest BCUT2D eigenvalue weighted by molar-refractivity contribution is 0.818. The van der Waals surface area contributed by atoms with Gasteiger partial charge < -0.3 is 5.32 Å². The number of hydrogen-bond donors (Lipinski definition) is 1. The van der Waals surface area contributed by atoms with Crippen LogP contribution in [0.15, 0.2) is 41.4 Å². The quantitative estimate of drug-likeness (QED) is 0.799. The standard InChI is InChI=1S/C14H14BrN5/c1-9-4-3-5-16-12(9)10(2)19-14-13-11(15)8-18-20(13)7-6-17-14/h3-8,10H,1-2H3,(H,17,19). The maximum Gasteiger partial charge on any atom is 0.153 e. The predicted molar refractivity (Wildman–Crippen MR) is 81.7 cm³/mol. The van der Waals surface area contributed by atoms with Crippen molar-refractivity contribution in [3.8, 4) is 0 Å². The molecule has 1 atom stereocenters. The summed E-state index contributed by atoms with van der Waals surface area (Å²) in [5.41, 5.74) is 3.10. The van der Waals surface area contributed by atoms with Crippen molar-refractivity contribution in [3.63, 3.8) is 0 Å². The highest BCUT2D eigenvalue weighted by Gasteiger charge is 2.14. The summed E-state index contributed by atoms with van der Waals surface area (Å²) in [4.78, 5) is 8.85. The van der Waals surface area contributed by atoms with Gasteiger partial charge in [-0.05, 0) is 41.4 Å². The topological polar surface area (TPSA) is 55.1 Å². The number of nitrogens with one attached hydrogen (secondary N) is 1. The molecule has 0 fully saturated rings. The van der Waals surface area contributed by atoms with Crippen LogP contribution in [-0.2, 0) is 0 Å². The van der Waals surface area contributed by atoms with Crippen LogP contribution in [0.4, 0.5) is 5.82 Å². The van der Waals surface area contributed by atoms with Crippen molar-refractivity contribution in [2.75, 3.05) is 5.32 Å². The second-order valence-corrected chi connectivity index (χ2v) is 5.49. The Morgan fingerprint density at radius 3 is 2.95 bits per heavy atom. The third-order valence-corrected chi connectivity index (χ3v) is 3.78. The van der Waals surface area contributed by atoms with Crippen LogP contribution in [0.1, 0.15) is 24.2 Å². The van der Waals surface area contributed by atoms with Crippen LogP contribution in [0.5, 0.6) is 0 Å². The first-order chi connectivity index (χ1) is 9.66. The SMILES string of the molecule is Cc1cccnc1C(C)Nc1nccn2ncc(Br)c12. The molecule has 0 radical (unpaired) electrons. The van der Waals surface area contributed by atoms with Crippen LogP contribution in [0.3, 0.4) is 0 Å². The first-order valence-corrected chi connectivity index (χ1v) is 7.12. The molecule has 1 unspecified atom stereocenters. The summed E-state index contributed by atoms with van der Waals surface area (Å²) in [6.07, 6.45) is 7.12. The zero-order valence-electron chi connectivity index (χ0n) is 11.2. The Kier molecular flexibility index (Phi) is 3.40. The van der Waals surface area contributed by atoms with Crippen molar-refractivity contribution < 1.29 is 0 Å². The second kappa shape index (κ2) is 5.20. The number of rotatable bonds is 3. The minimum atomic E-state index is 0.0664. The number of aryl methyl sites for hydroxylation is 1. The van der Waals surface area contributed by atoms with Crippen LogP contribution >= 0.6 is 15.9 Å². The third kappa shape index (κ3) is 2.27. The first-order valence-electron chi connectivity index (χ1n) is 6.32. The van der Waals surface area contributed by atoms with Crippen LogP contribution in [-0.4, -0.2) is 19.6 Å². The minimum Gasteiger partial charge on any atom is -0.360 e. The summed E-state index contributed by atoms with van der Waals surface area (Å²) in [6.45, 7) is 4.13.